The van der Waals surface area contributed by atoms with Crippen LogP contribution in [0.4, 0.5) is 0 Å². The number of nitrogens with zero attached hydrogens (tertiary/aromatic N) is 2. The number of carbonyl (C=O) groups is 2. The van der Waals surface area contributed by atoms with Crippen molar-refractivity contribution in [3.63, 3.8) is 0 Å². The monoisotopic (exact) mass is 420 g/mol. The molecule has 1 saturated carbocycles. The molecule has 2 aromatic rings. The summed E-state index contributed by atoms with van der Waals surface area (Å²) in [5.41, 5.74) is 4.66. The van der Waals surface area contributed by atoms with Gasteiger partial charge in [-0.15, -0.1) is 0 Å². The van der Waals surface area contributed by atoms with Gasteiger partial charge in [0.15, 0.2) is 6.10 Å². The van der Waals surface area contributed by atoms with Crippen LogP contribution in [-0.2, 0) is 16.0 Å². The molecule has 5 nitrogen and oxygen atoms in total. The molecular weight excluding hydrogens is 388 g/mol. The van der Waals surface area contributed by atoms with Crippen molar-refractivity contribution < 1.29 is 14.3 Å². The van der Waals surface area contributed by atoms with E-state index in [9.17, 15) is 9.59 Å². The minimum atomic E-state index is -0.561. The average Bonchev–Trinajstić information content (AvgIpc) is 3.63. The number of likely N-dealkylation sites (N-methyl/N-ethyl adjacent to an activating group) is 1. The van der Waals surface area contributed by atoms with Gasteiger partial charge in [-0.1, -0.05) is 35.9 Å². The van der Waals surface area contributed by atoms with Crippen LogP contribution in [0.2, 0.25) is 0 Å². The molecule has 1 fully saturated rings. The highest BCUT2D eigenvalue weighted by molar-refractivity contribution is 5.82. The van der Waals surface area contributed by atoms with Crippen LogP contribution in [0.3, 0.4) is 0 Å². The predicted molar refractivity (Wildman–Crippen MR) is 121 cm³/mol. The first-order chi connectivity index (χ1) is 14.9. The molecule has 4 rings (SSSR count). The van der Waals surface area contributed by atoms with E-state index < -0.39 is 6.10 Å². The third-order valence-electron chi connectivity index (χ3n) is 6.46. The lowest BCUT2D eigenvalue weighted by Crippen LogP contribution is -2.41. The predicted octanol–water partition coefficient (Wildman–Crippen LogP) is 4.12. The van der Waals surface area contributed by atoms with Crippen molar-refractivity contribution in [2.75, 3.05) is 20.1 Å². The van der Waals surface area contributed by atoms with E-state index in [-0.39, 0.29) is 23.8 Å². The lowest BCUT2D eigenvalue weighted by molar-refractivity contribution is -0.136. The summed E-state index contributed by atoms with van der Waals surface area (Å²) >= 11 is 0. The van der Waals surface area contributed by atoms with Crippen LogP contribution in [0.5, 0.6) is 5.75 Å². The van der Waals surface area contributed by atoms with Gasteiger partial charge in [0, 0.05) is 26.1 Å². The molecule has 2 aliphatic rings. The fraction of sp³-hybridized carbons (Fsp3) is 0.462. The maximum absolute atomic E-state index is 13.1. The molecule has 1 heterocycles. The molecule has 0 unspecified atom stereocenters. The largest absolute Gasteiger partial charge is 0.481 e. The molecular formula is C26H32N2O3. The lowest BCUT2D eigenvalue weighted by atomic mass is 9.87. The Bertz CT molecular complexity index is 965. The molecule has 0 N–H and O–H groups in total. The van der Waals surface area contributed by atoms with E-state index in [0.717, 1.165) is 36.9 Å². The normalized spacial score (nSPS) is 18.8. The average molecular weight is 421 g/mol. The smallest absolute Gasteiger partial charge is 0.263 e. The van der Waals surface area contributed by atoms with Gasteiger partial charge < -0.3 is 14.5 Å². The molecule has 1 aliphatic carbocycles. The van der Waals surface area contributed by atoms with Crippen LogP contribution >= 0.6 is 0 Å². The number of ether oxygens (including phenoxy) is 1. The Hall–Kier alpha value is -2.82. The van der Waals surface area contributed by atoms with Crippen molar-refractivity contribution in [3.8, 4) is 5.75 Å². The molecule has 0 radical (unpaired) electrons. The molecule has 2 aromatic carbocycles. The Morgan fingerprint density at radius 2 is 1.87 bits per heavy atom. The second kappa shape index (κ2) is 8.74. The SMILES string of the molecule is CCN(C)C(=O)[C@H](C)Oc1ccc2c(c1)[C@H](c1ccc(C)cc1)N(C(=O)C1CC1)CC2. The summed E-state index contributed by atoms with van der Waals surface area (Å²) < 4.78 is 6.03. The lowest BCUT2D eigenvalue weighted by Gasteiger charge is -2.38. The first kappa shape index (κ1) is 21.4. The fourth-order valence-corrected chi connectivity index (χ4v) is 4.30. The molecule has 31 heavy (non-hydrogen) atoms. The topological polar surface area (TPSA) is 49.9 Å². The van der Waals surface area contributed by atoms with Crippen molar-refractivity contribution in [2.24, 2.45) is 5.92 Å². The molecule has 0 saturated heterocycles. The van der Waals surface area contributed by atoms with Gasteiger partial charge >= 0.3 is 0 Å². The van der Waals surface area contributed by atoms with Crippen LogP contribution in [-0.4, -0.2) is 47.9 Å². The number of aryl methyl sites for hydroxylation is 1. The van der Waals surface area contributed by atoms with Crippen molar-refractivity contribution in [1.29, 1.82) is 0 Å². The standard InChI is InChI=1S/C26H32N2O3/c1-5-27(4)25(29)18(3)31-22-13-12-19-14-15-28(26(30)21-10-11-21)24(23(19)16-22)20-8-6-17(2)7-9-20/h6-9,12-13,16,18,21,24H,5,10-11,14-15H2,1-4H3/t18-,24-/m0/s1. The van der Waals surface area contributed by atoms with Crippen LogP contribution < -0.4 is 4.74 Å². The summed E-state index contributed by atoms with van der Waals surface area (Å²) in [5, 5.41) is 0. The number of hydrogen-bond acceptors (Lipinski definition) is 3. The van der Waals surface area contributed by atoms with E-state index in [2.05, 4.69) is 37.3 Å². The van der Waals surface area contributed by atoms with Gasteiger partial charge in [-0.3, -0.25) is 9.59 Å². The second-order valence-corrected chi connectivity index (χ2v) is 8.84. The molecule has 2 amide bonds. The summed E-state index contributed by atoms with van der Waals surface area (Å²) in [6.07, 6.45) is 2.27. The summed E-state index contributed by atoms with van der Waals surface area (Å²) in [7, 11) is 1.78. The number of hydrogen-bond donors (Lipinski definition) is 0. The third-order valence-corrected chi connectivity index (χ3v) is 6.46. The maximum atomic E-state index is 13.1. The van der Waals surface area contributed by atoms with Crippen molar-refractivity contribution >= 4 is 11.8 Å². The van der Waals surface area contributed by atoms with Gasteiger partial charge in [0.25, 0.3) is 5.91 Å². The summed E-state index contributed by atoms with van der Waals surface area (Å²) in [6, 6.07) is 14.4. The van der Waals surface area contributed by atoms with E-state index in [0.29, 0.717) is 12.3 Å². The molecule has 1 aliphatic heterocycles. The Morgan fingerprint density at radius 3 is 2.52 bits per heavy atom. The van der Waals surface area contributed by atoms with Gasteiger partial charge in [-0.2, -0.15) is 0 Å². The summed E-state index contributed by atoms with van der Waals surface area (Å²) in [4.78, 5) is 29.3. The molecule has 5 heteroatoms. The van der Waals surface area contributed by atoms with Crippen LogP contribution in [0.1, 0.15) is 55.0 Å². The summed E-state index contributed by atoms with van der Waals surface area (Å²) in [6.45, 7) is 7.18. The highest BCUT2D eigenvalue weighted by atomic mass is 16.5. The van der Waals surface area contributed by atoms with E-state index in [1.54, 1.807) is 18.9 Å². The molecule has 2 atom stereocenters. The second-order valence-electron chi connectivity index (χ2n) is 8.84. The Balaban J connectivity index is 1.68. The fourth-order valence-electron chi connectivity index (χ4n) is 4.30. The third kappa shape index (κ3) is 4.46. The zero-order chi connectivity index (χ0) is 22.1. The number of carbonyl (C=O) groups excluding carboxylic acids is 2. The minimum absolute atomic E-state index is 0.0409. The zero-order valence-corrected chi connectivity index (χ0v) is 18.9. The zero-order valence-electron chi connectivity index (χ0n) is 18.9. The number of amides is 2. The van der Waals surface area contributed by atoms with Crippen LogP contribution in [0.15, 0.2) is 42.5 Å². The van der Waals surface area contributed by atoms with Crippen LogP contribution in [0, 0.1) is 12.8 Å². The Labute approximate surface area is 185 Å². The Kier molecular flexibility index (Phi) is 6.03. The highest BCUT2D eigenvalue weighted by Gasteiger charge is 2.39. The van der Waals surface area contributed by atoms with Crippen molar-refractivity contribution in [2.45, 2.75) is 52.2 Å². The number of rotatable bonds is 6. The summed E-state index contributed by atoms with van der Waals surface area (Å²) in [5.74, 6) is 1.06. The first-order valence-electron chi connectivity index (χ1n) is 11.3. The van der Waals surface area contributed by atoms with Gasteiger partial charge in [-0.25, -0.2) is 0 Å². The number of benzene rings is 2. The van der Waals surface area contributed by atoms with E-state index in [1.807, 2.05) is 24.0 Å². The number of fused-ring (bicyclic) bond motifs is 1. The van der Waals surface area contributed by atoms with E-state index in [1.165, 1.54) is 11.1 Å². The van der Waals surface area contributed by atoms with Gasteiger partial charge in [-0.05, 0) is 68.9 Å². The van der Waals surface area contributed by atoms with Gasteiger partial charge in [0.1, 0.15) is 5.75 Å². The molecule has 0 spiro atoms. The van der Waals surface area contributed by atoms with E-state index >= 15 is 0 Å². The van der Waals surface area contributed by atoms with Crippen molar-refractivity contribution in [1.82, 2.24) is 9.80 Å². The first-order valence-corrected chi connectivity index (χ1v) is 11.3. The quantitative estimate of drug-likeness (QED) is 0.706. The molecule has 0 aromatic heterocycles. The highest BCUT2D eigenvalue weighted by Crippen LogP contribution is 2.41. The van der Waals surface area contributed by atoms with Crippen molar-refractivity contribution in [3.05, 3.63) is 64.7 Å². The maximum Gasteiger partial charge on any atom is 0.263 e. The van der Waals surface area contributed by atoms with Gasteiger partial charge in [0.2, 0.25) is 5.91 Å². The van der Waals surface area contributed by atoms with Crippen LogP contribution in [0.25, 0.3) is 0 Å². The molecule has 0 bridgehead atoms. The minimum Gasteiger partial charge on any atom is -0.481 e. The Morgan fingerprint density at radius 1 is 1.16 bits per heavy atom. The molecule has 164 valence electrons. The van der Waals surface area contributed by atoms with E-state index in [4.69, 9.17) is 4.74 Å². The van der Waals surface area contributed by atoms with Gasteiger partial charge in [0.05, 0.1) is 6.04 Å².